The average molecular weight is 692 g/mol. The van der Waals surface area contributed by atoms with Gasteiger partial charge < -0.3 is 22.9 Å². The maximum Gasteiger partial charge on any atom is 0.227 e. The normalized spacial score (nSPS) is 46.2. The SMILES string of the molecule is NC(=O)C12CCC(C1)C(Br)(Br)C2(CC1(C(N)=O)C2(C(N)=O)CCC(C2)C1(Br)Br)C(N)=O. The van der Waals surface area contributed by atoms with Gasteiger partial charge in [-0.3, -0.25) is 19.2 Å². The maximum atomic E-state index is 13.3. The van der Waals surface area contributed by atoms with Crippen LogP contribution in [0.1, 0.15) is 44.9 Å². The third-order valence-electron chi connectivity index (χ3n) is 9.14. The summed E-state index contributed by atoms with van der Waals surface area (Å²) in [5.41, 5.74) is 18.1. The number of fused-ring (bicyclic) bond motifs is 4. The second kappa shape index (κ2) is 6.69. The Hall–Kier alpha value is -0.200. The first-order chi connectivity index (χ1) is 14.1. The van der Waals surface area contributed by atoms with Gasteiger partial charge in [0, 0.05) is 0 Å². The van der Waals surface area contributed by atoms with E-state index >= 15 is 0 Å². The van der Waals surface area contributed by atoms with Crippen LogP contribution < -0.4 is 22.9 Å². The van der Waals surface area contributed by atoms with Crippen molar-refractivity contribution in [2.75, 3.05) is 0 Å². The van der Waals surface area contributed by atoms with Gasteiger partial charge in [0.25, 0.3) is 0 Å². The van der Waals surface area contributed by atoms with Crippen LogP contribution in [0.3, 0.4) is 0 Å². The highest BCUT2D eigenvalue weighted by Gasteiger charge is 2.85. The number of carbonyl (C=O) groups is 4. The van der Waals surface area contributed by atoms with Crippen LogP contribution in [0.15, 0.2) is 0 Å². The fourth-order valence-corrected chi connectivity index (χ4v) is 12.1. The lowest BCUT2D eigenvalue weighted by Gasteiger charge is -2.58. The van der Waals surface area contributed by atoms with Crippen LogP contribution in [0.25, 0.3) is 0 Å². The van der Waals surface area contributed by atoms with Crippen LogP contribution in [0.5, 0.6) is 0 Å². The number of carbonyl (C=O) groups excluding carboxylic acids is 4. The molecule has 4 amide bonds. The molecule has 0 aromatic carbocycles. The summed E-state index contributed by atoms with van der Waals surface area (Å²) in [6.07, 6.45) is 2.42. The van der Waals surface area contributed by atoms with E-state index in [2.05, 4.69) is 63.7 Å². The average Bonchev–Trinajstić information content (AvgIpc) is 3.35. The fraction of sp³-hybridized carbons (Fsp3) is 0.789. The molecule has 12 heteroatoms. The van der Waals surface area contributed by atoms with E-state index in [-0.39, 0.29) is 18.3 Å². The van der Waals surface area contributed by atoms with Gasteiger partial charge in [-0.1, -0.05) is 63.7 Å². The Kier molecular flexibility index (Phi) is 5.16. The Morgan fingerprint density at radius 2 is 0.968 bits per heavy atom. The van der Waals surface area contributed by atoms with E-state index in [4.69, 9.17) is 22.9 Å². The zero-order valence-electron chi connectivity index (χ0n) is 16.6. The summed E-state index contributed by atoms with van der Waals surface area (Å²) in [5, 5.41) is 0. The molecular weight excluding hydrogens is 668 g/mol. The van der Waals surface area contributed by atoms with Crippen LogP contribution in [-0.4, -0.2) is 30.1 Å². The highest BCUT2D eigenvalue weighted by atomic mass is 79.9. The number of hydrogen-bond donors (Lipinski definition) is 4. The van der Waals surface area contributed by atoms with Crippen molar-refractivity contribution in [3.8, 4) is 0 Å². The van der Waals surface area contributed by atoms with Gasteiger partial charge in [-0.25, -0.2) is 0 Å². The zero-order valence-corrected chi connectivity index (χ0v) is 22.9. The van der Waals surface area contributed by atoms with Gasteiger partial charge in [0.1, 0.15) is 0 Å². The first-order valence-corrected chi connectivity index (χ1v) is 13.2. The van der Waals surface area contributed by atoms with Crippen molar-refractivity contribution >= 4 is 87.3 Å². The molecule has 4 saturated carbocycles. The van der Waals surface area contributed by atoms with Crippen molar-refractivity contribution < 1.29 is 19.2 Å². The van der Waals surface area contributed by atoms with Gasteiger partial charge in [0.2, 0.25) is 23.6 Å². The van der Waals surface area contributed by atoms with Crippen molar-refractivity contribution in [2.24, 2.45) is 56.4 Å². The van der Waals surface area contributed by atoms with Crippen LogP contribution in [0, 0.1) is 33.5 Å². The van der Waals surface area contributed by atoms with E-state index in [0.717, 1.165) is 0 Å². The Morgan fingerprint density at radius 3 is 1.23 bits per heavy atom. The van der Waals surface area contributed by atoms with Crippen LogP contribution >= 0.6 is 63.7 Å². The standard InChI is InChI=1S/C19H24Br4N4O4/c20-18(21)8-1-3-14(5-8,10(24)28)16(18,12(26)30)7-17(13(27)31)15(11(25)29)4-2-9(6-15)19(17,22)23/h8-9H,1-7H2,(H2,24,28)(H2,25,29)(H2,26,30)(H2,27,31). The first-order valence-electron chi connectivity index (χ1n) is 10.1. The molecule has 0 heterocycles. The van der Waals surface area contributed by atoms with Gasteiger partial charge in [-0.05, 0) is 56.8 Å². The number of alkyl halides is 4. The summed E-state index contributed by atoms with van der Waals surface area (Å²) in [6, 6.07) is 0. The number of amides is 4. The second-order valence-electron chi connectivity index (χ2n) is 9.73. The lowest BCUT2D eigenvalue weighted by molar-refractivity contribution is -0.162. The Labute approximate surface area is 213 Å². The molecule has 4 aliphatic carbocycles. The summed E-state index contributed by atoms with van der Waals surface area (Å²) in [7, 11) is 0. The second-order valence-corrected chi connectivity index (χ2v) is 16.9. The summed E-state index contributed by atoms with van der Waals surface area (Å²) in [5.74, 6) is -3.14. The lowest BCUT2D eigenvalue weighted by Crippen LogP contribution is -2.69. The minimum Gasteiger partial charge on any atom is -0.369 e. The molecule has 8 N–H and O–H groups in total. The number of rotatable bonds is 6. The zero-order chi connectivity index (χ0) is 23.4. The topological polar surface area (TPSA) is 172 Å². The molecule has 8 nitrogen and oxygen atoms in total. The number of nitrogens with two attached hydrogens (primary N) is 4. The van der Waals surface area contributed by atoms with Gasteiger partial charge in [0.05, 0.1) is 28.1 Å². The van der Waals surface area contributed by atoms with Crippen molar-refractivity contribution in [3.05, 3.63) is 0 Å². The minimum absolute atomic E-state index is 0.138. The molecule has 4 aliphatic rings. The van der Waals surface area contributed by atoms with Crippen molar-refractivity contribution in [1.29, 1.82) is 0 Å². The molecule has 4 bridgehead atoms. The summed E-state index contributed by atoms with van der Waals surface area (Å²) in [4.78, 5) is 52.5. The third-order valence-corrected chi connectivity index (χ3v) is 14.4. The smallest absolute Gasteiger partial charge is 0.227 e. The number of hydrogen-bond acceptors (Lipinski definition) is 4. The minimum atomic E-state index is -1.62. The molecule has 4 rings (SSSR count). The molecule has 6 unspecified atom stereocenters. The molecule has 6 atom stereocenters. The largest absolute Gasteiger partial charge is 0.369 e. The number of halogens is 4. The molecule has 31 heavy (non-hydrogen) atoms. The van der Waals surface area contributed by atoms with Crippen molar-refractivity contribution in [2.45, 2.75) is 51.4 Å². The van der Waals surface area contributed by atoms with E-state index in [1.54, 1.807) is 0 Å². The van der Waals surface area contributed by atoms with E-state index in [0.29, 0.717) is 38.5 Å². The first kappa shape index (κ1) is 23.9. The lowest BCUT2D eigenvalue weighted by atomic mass is 9.49. The molecule has 0 radical (unpaired) electrons. The molecule has 4 fully saturated rings. The van der Waals surface area contributed by atoms with Gasteiger partial charge in [-0.15, -0.1) is 0 Å². The van der Waals surface area contributed by atoms with E-state index in [1.165, 1.54) is 0 Å². The summed E-state index contributed by atoms with van der Waals surface area (Å²) in [6.45, 7) is 0. The molecule has 172 valence electrons. The molecule has 0 saturated heterocycles. The van der Waals surface area contributed by atoms with Crippen molar-refractivity contribution in [1.82, 2.24) is 0 Å². The van der Waals surface area contributed by atoms with Gasteiger partial charge >= 0.3 is 0 Å². The van der Waals surface area contributed by atoms with E-state index < -0.39 is 51.8 Å². The highest BCUT2D eigenvalue weighted by Crippen LogP contribution is 2.82. The molecule has 0 aromatic rings. The quantitative estimate of drug-likeness (QED) is 0.312. The molecular formula is C19H24Br4N4O4. The van der Waals surface area contributed by atoms with Crippen LogP contribution in [-0.2, 0) is 19.2 Å². The Balaban J connectivity index is 2.04. The van der Waals surface area contributed by atoms with Crippen molar-refractivity contribution in [3.63, 3.8) is 0 Å². The molecule has 0 aliphatic heterocycles. The van der Waals surface area contributed by atoms with Crippen LogP contribution in [0.4, 0.5) is 0 Å². The van der Waals surface area contributed by atoms with E-state index in [9.17, 15) is 19.2 Å². The number of primary amides is 4. The predicted octanol–water partition coefficient (Wildman–Crippen LogP) is 1.86. The summed E-state index contributed by atoms with van der Waals surface area (Å²) >= 11 is 14.6. The third kappa shape index (κ3) is 2.31. The Bertz CT molecular complexity index is 857. The van der Waals surface area contributed by atoms with Gasteiger partial charge in [0.15, 0.2) is 0 Å². The summed E-state index contributed by atoms with van der Waals surface area (Å²) < 4.78 is -2.21. The fourth-order valence-electron chi connectivity index (χ4n) is 7.63. The Morgan fingerprint density at radius 1 is 0.645 bits per heavy atom. The maximum absolute atomic E-state index is 13.3. The van der Waals surface area contributed by atoms with Gasteiger partial charge in [-0.2, -0.15) is 0 Å². The monoisotopic (exact) mass is 688 g/mol. The molecule has 0 aromatic heterocycles. The van der Waals surface area contributed by atoms with Crippen LogP contribution in [0.2, 0.25) is 0 Å². The van der Waals surface area contributed by atoms with E-state index in [1.807, 2.05) is 0 Å². The molecule has 0 spiro atoms. The predicted molar refractivity (Wildman–Crippen MR) is 127 cm³/mol. The highest BCUT2D eigenvalue weighted by molar-refractivity contribution is 9.25.